The number of nitrogens with zero attached hydrogens (tertiary/aromatic N) is 1. The Balaban J connectivity index is 2.12. The van der Waals surface area contributed by atoms with Crippen LogP contribution in [0.1, 0.15) is 22.8 Å². The molecular weight excluding hydrogens is 262 g/mol. The van der Waals surface area contributed by atoms with Crippen molar-refractivity contribution in [1.82, 2.24) is 0 Å². The van der Waals surface area contributed by atoms with Gasteiger partial charge in [-0.3, -0.25) is 0 Å². The molecule has 0 amide bonds. The lowest BCUT2D eigenvalue weighted by molar-refractivity contribution is 0.184. The van der Waals surface area contributed by atoms with Crippen molar-refractivity contribution in [2.24, 2.45) is 0 Å². The summed E-state index contributed by atoms with van der Waals surface area (Å²) in [5.41, 5.74) is 4.44. The first-order valence-corrected chi connectivity index (χ1v) is 7.11. The van der Waals surface area contributed by atoms with Gasteiger partial charge in [0.05, 0.1) is 13.2 Å². The van der Waals surface area contributed by atoms with Crippen molar-refractivity contribution >= 4 is 5.69 Å². The maximum atomic E-state index is 10.4. The second-order valence-corrected chi connectivity index (χ2v) is 5.52. The summed E-state index contributed by atoms with van der Waals surface area (Å²) in [4.78, 5) is 2.07. The third kappa shape index (κ3) is 3.99. The number of likely N-dealkylation sites (N-methyl/N-ethyl adjacent to an activating group) is 1. The molecule has 21 heavy (non-hydrogen) atoms. The Morgan fingerprint density at radius 2 is 1.76 bits per heavy atom. The molecule has 0 aliphatic carbocycles. The highest BCUT2D eigenvalue weighted by Crippen LogP contribution is 2.23. The molecular formula is C18H23NO2. The van der Waals surface area contributed by atoms with Crippen molar-refractivity contribution in [2.45, 2.75) is 20.0 Å². The SMILES string of the molecule is COc1cccc(C(O)CN(C)c2cc(C)cc(C)c2)c1. The number of methoxy groups -OCH3 is 1. The Kier molecular flexibility index (Phi) is 4.86. The fourth-order valence-corrected chi connectivity index (χ4v) is 2.49. The third-order valence-corrected chi connectivity index (χ3v) is 3.57. The van der Waals surface area contributed by atoms with E-state index in [0.29, 0.717) is 6.54 Å². The lowest BCUT2D eigenvalue weighted by Gasteiger charge is -2.24. The number of anilines is 1. The van der Waals surface area contributed by atoms with Gasteiger partial charge in [-0.2, -0.15) is 0 Å². The standard InChI is InChI=1S/C18H23NO2/c1-13-8-14(2)10-16(9-13)19(3)12-18(20)15-6-5-7-17(11-15)21-4/h5-11,18,20H,12H2,1-4H3. The van der Waals surface area contributed by atoms with Gasteiger partial charge in [-0.15, -0.1) is 0 Å². The van der Waals surface area contributed by atoms with Crippen molar-refractivity contribution in [2.75, 3.05) is 25.6 Å². The molecule has 2 rings (SSSR count). The normalized spacial score (nSPS) is 12.0. The number of rotatable bonds is 5. The molecule has 3 heteroatoms. The van der Waals surface area contributed by atoms with Crippen molar-refractivity contribution in [3.05, 3.63) is 59.2 Å². The highest BCUT2D eigenvalue weighted by atomic mass is 16.5. The summed E-state index contributed by atoms with van der Waals surface area (Å²) in [7, 11) is 3.63. The first-order valence-electron chi connectivity index (χ1n) is 7.11. The highest BCUT2D eigenvalue weighted by molar-refractivity contribution is 5.50. The minimum atomic E-state index is -0.550. The summed E-state index contributed by atoms with van der Waals surface area (Å²) in [5.74, 6) is 0.764. The second kappa shape index (κ2) is 6.64. The van der Waals surface area contributed by atoms with E-state index in [9.17, 15) is 5.11 Å². The zero-order valence-corrected chi connectivity index (χ0v) is 13.1. The van der Waals surface area contributed by atoms with Gasteiger partial charge in [0, 0.05) is 19.3 Å². The number of hydrogen-bond donors (Lipinski definition) is 1. The summed E-state index contributed by atoms with van der Waals surface area (Å²) in [6.45, 7) is 4.71. The van der Waals surface area contributed by atoms with Crippen LogP contribution in [0.4, 0.5) is 5.69 Å². The highest BCUT2D eigenvalue weighted by Gasteiger charge is 2.12. The van der Waals surface area contributed by atoms with E-state index in [2.05, 4.69) is 36.9 Å². The molecule has 2 aromatic carbocycles. The van der Waals surface area contributed by atoms with Gasteiger partial charge in [0.2, 0.25) is 0 Å². The molecule has 0 saturated heterocycles. The number of aliphatic hydroxyl groups excluding tert-OH is 1. The Bertz CT molecular complexity index is 590. The Morgan fingerprint density at radius 3 is 2.38 bits per heavy atom. The van der Waals surface area contributed by atoms with E-state index in [0.717, 1.165) is 17.0 Å². The maximum Gasteiger partial charge on any atom is 0.119 e. The Morgan fingerprint density at radius 1 is 1.10 bits per heavy atom. The van der Waals surface area contributed by atoms with E-state index in [1.807, 2.05) is 31.3 Å². The molecule has 0 aliphatic heterocycles. The van der Waals surface area contributed by atoms with E-state index >= 15 is 0 Å². The van der Waals surface area contributed by atoms with Crippen molar-refractivity contribution in [3.63, 3.8) is 0 Å². The van der Waals surface area contributed by atoms with Crippen LogP contribution in [0, 0.1) is 13.8 Å². The summed E-state index contributed by atoms with van der Waals surface area (Å²) in [6.07, 6.45) is -0.550. The largest absolute Gasteiger partial charge is 0.497 e. The van der Waals surface area contributed by atoms with Crippen molar-refractivity contribution in [3.8, 4) is 5.75 Å². The summed E-state index contributed by atoms with van der Waals surface area (Å²) >= 11 is 0. The van der Waals surface area contributed by atoms with Crippen LogP contribution in [-0.4, -0.2) is 25.8 Å². The second-order valence-electron chi connectivity index (χ2n) is 5.52. The molecule has 0 saturated carbocycles. The fraction of sp³-hybridized carbons (Fsp3) is 0.333. The molecule has 0 fully saturated rings. The van der Waals surface area contributed by atoms with Crippen LogP contribution >= 0.6 is 0 Å². The van der Waals surface area contributed by atoms with Crippen LogP contribution < -0.4 is 9.64 Å². The number of benzene rings is 2. The van der Waals surface area contributed by atoms with Crippen LogP contribution in [0.15, 0.2) is 42.5 Å². The van der Waals surface area contributed by atoms with E-state index in [1.54, 1.807) is 7.11 Å². The first-order chi connectivity index (χ1) is 9.99. The predicted octanol–water partition coefficient (Wildman–Crippen LogP) is 3.48. The smallest absolute Gasteiger partial charge is 0.119 e. The van der Waals surface area contributed by atoms with Crippen LogP contribution in [0.3, 0.4) is 0 Å². The monoisotopic (exact) mass is 285 g/mol. The van der Waals surface area contributed by atoms with Gasteiger partial charge in [-0.05, 0) is 54.8 Å². The van der Waals surface area contributed by atoms with Gasteiger partial charge < -0.3 is 14.7 Å². The molecule has 2 aromatic rings. The van der Waals surface area contributed by atoms with E-state index in [1.165, 1.54) is 11.1 Å². The minimum Gasteiger partial charge on any atom is -0.497 e. The Labute approximate surface area is 126 Å². The van der Waals surface area contributed by atoms with Crippen molar-refractivity contribution < 1.29 is 9.84 Å². The van der Waals surface area contributed by atoms with E-state index in [4.69, 9.17) is 4.74 Å². The molecule has 0 bridgehead atoms. The van der Waals surface area contributed by atoms with E-state index in [-0.39, 0.29) is 0 Å². The molecule has 0 spiro atoms. The Hall–Kier alpha value is -2.00. The minimum absolute atomic E-state index is 0.538. The van der Waals surface area contributed by atoms with E-state index < -0.39 is 6.10 Å². The van der Waals surface area contributed by atoms with Gasteiger partial charge in [0.15, 0.2) is 0 Å². The van der Waals surface area contributed by atoms with Crippen LogP contribution in [0.5, 0.6) is 5.75 Å². The molecule has 1 N–H and O–H groups in total. The molecule has 0 aliphatic rings. The predicted molar refractivity (Wildman–Crippen MR) is 87.1 cm³/mol. The first kappa shape index (κ1) is 15.4. The number of aryl methyl sites for hydroxylation is 2. The molecule has 1 atom stereocenters. The zero-order valence-electron chi connectivity index (χ0n) is 13.1. The zero-order chi connectivity index (χ0) is 15.4. The fourth-order valence-electron chi connectivity index (χ4n) is 2.49. The van der Waals surface area contributed by atoms with Gasteiger partial charge in [-0.25, -0.2) is 0 Å². The molecule has 0 aromatic heterocycles. The molecule has 0 heterocycles. The molecule has 112 valence electrons. The summed E-state index contributed by atoms with van der Waals surface area (Å²) in [5, 5.41) is 10.4. The van der Waals surface area contributed by atoms with Crippen molar-refractivity contribution in [1.29, 1.82) is 0 Å². The molecule has 3 nitrogen and oxygen atoms in total. The van der Waals surface area contributed by atoms with Crippen LogP contribution in [-0.2, 0) is 0 Å². The average Bonchev–Trinajstić information content (AvgIpc) is 2.46. The average molecular weight is 285 g/mol. The quantitative estimate of drug-likeness (QED) is 0.913. The molecule has 1 unspecified atom stereocenters. The number of ether oxygens (including phenoxy) is 1. The summed E-state index contributed by atoms with van der Waals surface area (Å²) in [6, 6.07) is 14.0. The maximum absolute atomic E-state index is 10.4. The third-order valence-electron chi connectivity index (χ3n) is 3.57. The van der Waals surface area contributed by atoms with Crippen LogP contribution in [0.25, 0.3) is 0 Å². The lowest BCUT2D eigenvalue weighted by atomic mass is 10.1. The lowest BCUT2D eigenvalue weighted by Crippen LogP contribution is -2.24. The van der Waals surface area contributed by atoms with Gasteiger partial charge in [0.1, 0.15) is 5.75 Å². The van der Waals surface area contributed by atoms with Crippen LogP contribution in [0.2, 0.25) is 0 Å². The van der Waals surface area contributed by atoms with Gasteiger partial charge in [-0.1, -0.05) is 18.2 Å². The summed E-state index contributed by atoms with van der Waals surface area (Å²) < 4.78 is 5.20. The van der Waals surface area contributed by atoms with Gasteiger partial charge in [0.25, 0.3) is 0 Å². The molecule has 0 radical (unpaired) electrons. The number of hydrogen-bond acceptors (Lipinski definition) is 3. The number of aliphatic hydroxyl groups is 1. The topological polar surface area (TPSA) is 32.7 Å². The van der Waals surface area contributed by atoms with Gasteiger partial charge >= 0.3 is 0 Å².